The predicted octanol–water partition coefficient (Wildman–Crippen LogP) is 2.54. The Kier molecular flexibility index (Phi) is 7.45. The van der Waals surface area contributed by atoms with Gasteiger partial charge in [-0.05, 0) is 48.5 Å². The SMILES string of the molecule is CCOc1cc(/C=C/C(=O)NNC(N)=S)ccc1OCc1ccccc1. The molecule has 26 heavy (non-hydrogen) atoms. The number of nitrogens with two attached hydrogens (primary N) is 1. The largest absolute Gasteiger partial charge is 0.490 e. The minimum atomic E-state index is -0.375. The molecule has 0 heterocycles. The fourth-order valence-corrected chi connectivity index (χ4v) is 2.14. The quantitative estimate of drug-likeness (QED) is 0.394. The Bertz CT molecular complexity index is 779. The zero-order valence-corrected chi connectivity index (χ0v) is 15.2. The zero-order valence-electron chi connectivity index (χ0n) is 14.4. The number of thiocarbonyl (C=S) groups is 1. The van der Waals surface area contributed by atoms with Gasteiger partial charge < -0.3 is 15.2 Å². The van der Waals surface area contributed by atoms with E-state index in [2.05, 4.69) is 23.1 Å². The summed E-state index contributed by atoms with van der Waals surface area (Å²) < 4.78 is 11.5. The van der Waals surface area contributed by atoms with Gasteiger partial charge >= 0.3 is 0 Å². The first-order chi connectivity index (χ1) is 12.6. The van der Waals surface area contributed by atoms with E-state index in [9.17, 15) is 4.79 Å². The second-order valence-corrected chi connectivity index (χ2v) is 5.67. The normalized spacial score (nSPS) is 10.3. The third-order valence-corrected chi connectivity index (χ3v) is 3.34. The molecular formula is C19H21N3O3S. The van der Waals surface area contributed by atoms with Gasteiger partial charge in [-0.1, -0.05) is 36.4 Å². The van der Waals surface area contributed by atoms with E-state index in [1.807, 2.05) is 55.5 Å². The number of amides is 1. The molecule has 0 aromatic heterocycles. The number of hydrazine groups is 1. The summed E-state index contributed by atoms with van der Waals surface area (Å²) in [6, 6.07) is 15.4. The fourth-order valence-electron chi connectivity index (χ4n) is 2.09. The van der Waals surface area contributed by atoms with Crippen molar-refractivity contribution in [2.45, 2.75) is 13.5 Å². The molecule has 0 bridgehead atoms. The lowest BCUT2D eigenvalue weighted by Gasteiger charge is -2.12. The lowest BCUT2D eigenvalue weighted by Crippen LogP contribution is -2.43. The number of carbonyl (C=O) groups excluding carboxylic acids is 1. The standard InChI is InChI=1S/C19H21N3O3S/c1-2-24-17-12-14(9-11-18(23)21-22-19(20)26)8-10-16(17)25-13-15-6-4-3-5-7-15/h3-12H,2,13H2,1H3,(H,21,23)(H3,20,22,26)/b11-9+. The van der Waals surface area contributed by atoms with Gasteiger partial charge in [0.1, 0.15) is 6.61 Å². The van der Waals surface area contributed by atoms with Crippen molar-refractivity contribution < 1.29 is 14.3 Å². The van der Waals surface area contributed by atoms with Crippen LogP contribution in [0.5, 0.6) is 11.5 Å². The van der Waals surface area contributed by atoms with Gasteiger partial charge in [-0.25, -0.2) is 0 Å². The van der Waals surface area contributed by atoms with Gasteiger partial charge in [0.05, 0.1) is 6.61 Å². The minimum Gasteiger partial charge on any atom is -0.490 e. The van der Waals surface area contributed by atoms with Crippen LogP contribution >= 0.6 is 12.2 Å². The zero-order chi connectivity index (χ0) is 18.8. The Labute approximate surface area is 158 Å². The van der Waals surface area contributed by atoms with E-state index in [0.29, 0.717) is 24.7 Å². The molecule has 7 heteroatoms. The molecule has 0 aliphatic heterocycles. The van der Waals surface area contributed by atoms with Gasteiger partial charge in [-0.3, -0.25) is 15.6 Å². The summed E-state index contributed by atoms with van der Waals surface area (Å²) in [6.45, 7) is 2.86. The molecule has 0 unspecified atom stereocenters. The van der Waals surface area contributed by atoms with Gasteiger partial charge in [-0.15, -0.1) is 0 Å². The van der Waals surface area contributed by atoms with Crippen LogP contribution in [0.15, 0.2) is 54.6 Å². The molecule has 0 radical (unpaired) electrons. The van der Waals surface area contributed by atoms with Crippen molar-refractivity contribution in [2.24, 2.45) is 5.73 Å². The van der Waals surface area contributed by atoms with Crippen LogP contribution in [0.1, 0.15) is 18.1 Å². The molecule has 6 nitrogen and oxygen atoms in total. The molecular weight excluding hydrogens is 350 g/mol. The van der Waals surface area contributed by atoms with E-state index < -0.39 is 0 Å². The molecule has 2 aromatic rings. The monoisotopic (exact) mass is 371 g/mol. The highest BCUT2D eigenvalue weighted by Crippen LogP contribution is 2.29. The summed E-state index contributed by atoms with van der Waals surface area (Å²) in [5, 5.41) is -0.00898. The molecule has 0 saturated carbocycles. The Morgan fingerprint density at radius 3 is 2.58 bits per heavy atom. The van der Waals surface area contributed by atoms with Crippen LogP contribution in [0.2, 0.25) is 0 Å². The maximum absolute atomic E-state index is 11.6. The molecule has 2 rings (SSSR count). The summed E-state index contributed by atoms with van der Waals surface area (Å²) in [4.78, 5) is 11.6. The van der Waals surface area contributed by atoms with Gasteiger partial charge in [0.2, 0.25) is 0 Å². The molecule has 0 spiro atoms. The number of nitrogens with one attached hydrogen (secondary N) is 2. The second kappa shape index (κ2) is 10.0. The van der Waals surface area contributed by atoms with Crippen molar-refractivity contribution in [3.05, 3.63) is 65.7 Å². The van der Waals surface area contributed by atoms with Gasteiger partial charge in [0.15, 0.2) is 16.6 Å². The lowest BCUT2D eigenvalue weighted by atomic mass is 10.2. The number of ether oxygens (including phenoxy) is 2. The highest BCUT2D eigenvalue weighted by atomic mass is 32.1. The van der Waals surface area contributed by atoms with E-state index in [-0.39, 0.29) is 11.0 Å². The van der Waals surface area contributed by atoms with Crippen molar-refractivity contribution >= 4 is 29.3 Å². The summed E-state index contributed by atoms with van der Waals surface area (Å²) >= 11 is 4.61. The fraction of sp³-hybridized carbons (Fsp3) is 0.158. The van der Waals surface area contributed by atoms with Crippen LogP contribution in [-0.2, 0) is 11.4 Å². The van der Waals surface area contributed by atoms with Crippen LogP contribution in [-0.4, -0.2) is 17.6 Å². The average Bonchev–Trinajstić information content (AvgIpc) is 2.65. The number of rotatable bonds is 7. The third-order valence-electron chi connectivity index (χ3n) is 3.24. The predicted molar refractivity (Wildman–Crippen MR) is 105 cm³/mol. The Morgan fingerprint density at radius 2 is 1.88 bits per heavy atom. The van der Waals surface area contributed by atoms with E-state index in [1.165, 1.54) is 6.08 Å². The van der Waals surface area contributed by atoms with E-state index >= 15 is 0 Å². The first-order valence-electron chi connectivity index (χ1n) is 8.05. The number of carbonyl (C=O) groups is 1. The van der Waals surface area contributed by atoms with E-state index in [0.717, 1.165) is 11.1 Å². The van der Waals surface area contributed by atoms with E-state index in [1.54, 1.807) is 6.08 Å². The van der Waals surface area contributed by atoms with Crippen LogP contribution in [0.3, 0.4) is 0 Å². The lowest BCUT2D eigenvalue weighted by molar-refractivity contribution is -0.116. The van der Waals surface area contributed by atoms with E-state index in [4.69, 9.17) is 15.2 Å². The van der Waals surface area contributed by atoms with Gasteiger partial charge in [0.25, 0.3) is 5.91 Å². The second-order valence-electron chi connectivity index (χ2n) is 5.23. The summed E-state index contributed by atoms with van der Waals surface area (Å²) in [7, 11) is 0. The Morgan fingerprint density at radius 1 is 1.12 bits per heavy atom. The van der Waals surface area contributed by atoms with Crippen LogP contribution < -0.4 is 26.1 Å². The molecule has 0 aliphatic carbocycles. The van der Waals surface area contributed by atoms with Gasteiger partial charge in [0, 0.05) is 6.08 Å². The average molecular weight is 371 g/mol. The molecule has 0 aliphatic rings. The minimum absolute atomic E-state index is 0.00898. The topological polar surface area (TPSA) is 85.6 Å². The number of hydrogen-bond acceptors (Lipinski definition) is 4. The van der Waals surface area contributed by atoms with Crippen LogP contribution in [0.25, 0.3) is 6.08 Å². The highest BCUT2D eigenvalue weighted by molar-refractivity contribution is 7.80. The maximum Gasteiger partial charge on any atom is 0.262 e. The van der Waals surface area contributed by atoms with Crippen molar-refractivity contribution in [1.82, 2.24) is 10.9 Å². The number of benzene rings is 2. The van der Waals surface area contributed by atoms with Crippen molar-refractivity contribution in [1.29, 1.82) is 0 Å². The summed E-state index contributed by atoms with van der Waals surface area (Å²) in [5.74, 6) is 0.889. The third kappa shape index (κ3) is 6.45. The first kappa shape index (κ1) is 19.3. The van der Waals surface area contributed by atoms with Crippen molar-refractivity contribution in [3.63, 3.8) is 0 Å². The molecule has 0 saturated heterocycles. The molecule has 136 valence electrons. The molecule has 1 amide bonds. The number of hydrogen-bond donors (Lipinski definition) is 3. The van der Waals surface area contributed by atoms with Crippen LogP contribution in [0, 0.1) is 0 Å². The van der Waals surface area contributed by atoms with Crippen molar-refractivity contribution in [2.75, 3.05) is 6.61 Å². The first-order valence-corrected chi connectivity index (χ1v) is 8.46. The Balaban J connectivity index is 2.04. The van der Waals surface area contributed by atoms with Crippen molar-refractivity contribution in [3.8, 4) is 11.5 Å². The van der Waals surface area contributed by atoms with Crippen LogP contribution in [0.4, 0.5) is 0 Å². The molecule has 2 aromatic carbocycles. The smallest absolute Gasteiger partial charge is 0.262 e. The highest BCUT2D eigenvalue weighted by Gasteiger charge is 2.06. The molecule has 0 atom stereocenters. The molecule has 4 N–H and O–H groups in total. The van der Waals surface area contributed by atoms with Gasteiger partial charge in [-0.2, -0.15) is 0 Å². The summed E-state index contributed by atoms with van der Waals surface area (Å²) in [6.07, 6.45) is 3.01. The Hall–Kier alpha value is -3.06. The summed E-state index contributed by atoms with van der Waals surface area (Å²) in [5.41, 5.74) is 11.8. The maximum atomic E-state index is 11.6. The molecule has 0 fully saturated rings.